The molecule has 2 amide bonds. The Bertz CT molecular complexity index is 1040. The van der Waals surface area contributed by atoms with Crippen molar-refractivity contribution in [2.24, 2.45) is 5.92 Å². The summed E-state index contributed by atoms with van der Waals surface area (Å²) in [6.07, 6.45) is 19.3. The number of unbranched alkanes of at least 4 members (excludes halogenated alkanes) is 9. The molecule has 0 spiro atoms. The first kappa shape index (κ1) is 30.8. The Morgan fingerprint density at radius 3 is 1.98 bits per heavy atom. The molecule has 2 unspecified atom stereocenters. The molecule has 4 nitrogen and oxygen atoms in total. The fourth-order valence-corrected chi connectivity index (χ4v) is 8.34. The smallest absolute Gasteiger partial charge is 0.233 e. The Hall–Kier alpha value is -2.10. The van der Waals surface area contributed by atoms with Gasteiger partial charge >= 0.3 is 0 Å². The van der Waals surface area contributed by atoms with E-state index in [4.69, 9.17) is 0 Å². The SMILES string of the molecule is CCCCCCCCCCCCC1CC(=O)N(C2CC(C)(C)N(C3=Cc4ccccc4C3CC)C(C)(C)C2)C1=O. The minimum absolute atomic E-state index is 0.0246. The number of allylic oxidation sites excluding steroid dienone is 1. The molecule has 222 valence electrons. The van der Waals surface area contributed by atoms with Crippen LogP contribution in [0.5, 0.6) is 0 Å². The monoisotopic (exact) mass is 548 g/mol. The number of rotatable bonds is 14. The van der Waals surface area contributed by atoms with Crippen molar-refractivity contribution in [3.8, 4) is 0 Å². The summed E-state index contributed by atoms with van der Waals surface area (Å²) in [5, 5.41) is 0. The Labute approximate surface area is 245 Å². The Balaban J connectivity index is 1.33. The predicted octanol–water partition coefficient (Wildman–Crippen LogP) is 9.24. The molecule has 2 aliphatic heterocycles. The first-order chi connectivity index (χ1) is 19.1. The summed E-state index contributed by atoms with van der Waals surface area (Å²) >= 11 is 0. The van der Waals surface area contributed by atoms with Gasteiger partial charge in [0.25, 0.3) is 0 Å². The van der Waals surface area contributed by atoms with Crippen LogP contribution in [0.2, 0.25) is 0 Å². The topological polar surface area (TPSA) is 40.6 Å². The molecule has 3 aliphatic rings. The van der Waals surface area contributed by atoms with E-state index in [-0.39, 0.29) is 34.9 Å². The van der Waals surface area contributed by atoms with E-state index in [1.807, 2.05) is 0 Å². The average Bonchev–Trinajstić information content (AvgIpc) is 3.39. The molecule has 0 bridgehead atoms. The fourth-order valence-electron chi connectivity index (χ4n) is 8.34. The highest BCUT2D eigenvalue weighted by atomic mass is 16.2. The number of amides is 2. The third kappa shape index (κ3) is 6.68. The number of fused-ring (bicyclic) bond motifs is 1. The molecule has 2 fully saturated rings. The van der Waals surface area contributed by atoms with E-state index in [1.165, 1.54) is 74.6 Å². The largest absolute Gasteiger partial charge is 0.364 e. The number of carbonyl (C=O) groups excluding carboxylic acids is 2. The van der Waals surface area contributed by atoms with E-state index in [1.54, 1.807) is 4.90 Å². The van der Waals surface area contributed by atoms with E-state index in [2.05, 4.69) is 76.8 Å². The highest BCUT2D eigenvalue weighted by molar-refractivity contribution is 6.03. The van der Waals surface area contributed by atoms with Gasteiger partial charge in [0, 0.05) is 41.1 Å². The lowest BCUT2D eigenvalue weighted by Gasteiger charge is -2.59. The van der Waals surface area contributed by atoms with Crippen molar-refractivity contribution < 1.29 is 9.59 Å². The quantitative estimate of drug-likeness (QED) is 0.172. The van der Waals surface area contributed by atoms with Crippen LogP contribution < -0.4 is 0 Å². The van der Waals surface area contributed by atoms with Gasteiger partial charge in [-0.1, -0.05) is 102 Å². The number of benzene rings is 1. The van der Waals surface area contributed by atoms with Crippen molar-refractivity contribution in [1.29, 1.82) is 0 Å². The molecule has 2 heterocycles. The van der Waals surface area contributed by atoms with Crippen LogP contribution >= 0.6 is 0 Å². The summed E-state index contributed by atoms with van der Waals surface area (Å²) in [7, 11) is 0. The van der Waals surface area contributed by atoms with E-state index in [9.17, 15) is 9.59 Å². The highest BCUT2D eigenvalue weighted by Crippen LogP contribution is 2.50. The third-order valence-electron chi connectivity index (χ3n) is 9.93. The molecule has 4 rings (SSSR count). The second kappa shape index (κ2) is 13.3. The molecule has 40 heavy (non-hydrogen) atoms. The van der Waals surface area contributed by atoms with E-state index >= 15 is 0 Å². The number of hydrogen-bond donors (Lipinski definition) is 0. The predicted molar refractivity (Wildman–Crippen MR) is 167 cm³/mol. The zero-order chi connectivity index (χ0) is 28.9. The van der Waals surface area contributed by atoms with Gasteiger partial charge in [-0.05, 0) is 70.6 Å². The maximum atomic E-state index is 13.6. The van der Waals surface area contributed by atoms with Crippen molar-refractivity contribution in [1.82, 2.24) is 9.80 Å². The second-order valence-corrected chi connectivity index (χ2v) is 14.2. The first-order valence-corrected chi connectivity index (χ1v) is 16.6. The normalized spacial score (nSPS) is 24.1. The van der Waals surface area contributed by atoms with E-state index in [0.717, 1.165) is 32.1 Å². The maximum absolute atomic E-state index is 13.6. The van der Waals surface area contributed by atoms with Crippen LogP contribution in [-0.2, 0) is 9.59 Å². The molecule has 2 saturated heterocycles. The molecule has 2 atom stereocenters. The lowest BCUT2D eigenvalue weighted by atomic mass is 9.74. The summed E-state index contributed by atoms with van der Waals surface area (Å²) in [4.78, 5) is 31.2. The van der Waals surface area contributed by atoms with Crippen LogP contribution in [-0.4, -0.2) is 38.7 Å². The Morgan fingerprint density at radius 2 is 1.38 bits per heavy atom. The second-order valence-electron chi connectivity index (χ2n) is 14.2. The van der Waals surface area contributed by atoms with Gasteiger partial charge in [0.05, 0.1) is 0 Å². The van der Waals surface area contributed by atoms with Crippen molar-refractivity contribution in [2.75, 3.05) is 0 Å². The number of nitrogens with zero attached hydrogens (tertiary/aromatic N) is 2. The molecule has 4 heteroatoms. The van der Waals surface area contributed by atoms with Crippen LogP contribution in [0.1, 0.15) is 155 Å². The summed E-state index contributed by atoms with van der Waals surface area (Å²) in [5.74, 6) is 0.449. The minimum atomic E-state index is -0.164. The van der Waals surface area contributed by atoms with Crippen LogP contribution in [0.3, 0.4) is 0 Å². The summed E-state index contributed by atoms with van der Waals surface area (Å²) in [6, 6.07) is 8.76. The van der Waals surface area contributed by atoms with Crippen LogP contribution in [0.4, 0.5) is 0 Å². The zero-order valence-electron chi connectivity index (χ0n) is 26.4. The number of likely N-dealkylation sites (tertiary alicyclic amines) is 2. The van der Waals surface area contributed by atoms with Gasteiger partial charge < -0.3 is 4.90 Å². The summed E-state index contributed by atoms with van der Waals surface area (Å²) < 4.78 is 0. The molecule has 1 aliphatic carbocycles. The van der Waals surface area contributed by atoms with Gasteiger partial charge in [-0.2, -0.15) is 0 Å². The standard InChI is InChI=1S/C36H56N2O2/c1-7-9-10-11-12-13-14-15-16-17-21-28-24-33(39)37(34(28)40)29-25-35(3,4)38(36(5,6)26-29)32-23-27-20-18-19-22-31(27)30(32)8-2/h18-20,22-23,28-30H,7-17,21,24-26H2,1-6H3. The average molecular weight is 549 g/mol. The zero-order valence-corrected chi connectivity index (χ0v) is 26.4. The highest BCUT2D eigenvalue weighted by Gasteiger charge is 2.53. The lowest BCUT2D eigenvalue weighted by Crippen LogP contribution is -2.64. The van der Waals surface area contributed by atoms with Gasteiger partial charge in [-0.3, -0.25) is 14.5 Å². The van der Waals surface area contributed by atoms with Gasteiger partial charge in [0.15, 0.2) is 0 Å². The molecule has 0 N–H and O–H groups in total. The van der Waals surface area contributed by atoms with Gasteiger partial charge in [0.1, 0.15) is 0 Å². The molecule has 0 saturated carbocycles. The number of carbonyl (C=O) groups is 2. The minimum Gasteiger partial charge on any atom is -0.364 e. The lowest BCUT2D eigenvalue weighted by molar-refractivity contribution is -0.146. The Kier molecular flexibility index (Phi) is 10.2. The number of piperidine rings is 1. The number of hydrogen-bond acceptors (Lipinski definition) is 3. The molecule has 1 aromatic rings. The first-order valence-electron chi connectivity index (χ1n) is 16.6. The molecule has 0 aromatic heterocycles. The van der Waals surface area contributed by atoms with E-state index in [0.29, 0.717) is 12.3 Å². The van der Waals surface area contributed by atoms with Crippen LogP contribution in [0, 0.1) is 5.92 Å². The maximum Gasteiger partial charge on any atom is 0.233 e. The van der Waals surface area contributed by atoms with Crippen LogP contribution in [0.25, 0.3) is 6.08 Å². The van der Waals surface area contributed by atoms with Crippen LogP contribution in [0.15, 0.2) is 30.0 Å². The summed E-state index contributed by atoms with van der Waals surface area (Å²) in [6.45, 7) is 13.8. The van der Waals surface area contributed by atoms with Crippen molar-refractivity contribution >= 4 is 17.9 Å². The summed E-state index contributed by atoms with van der Waals surface area (Å²) in [5.41, 5.74) is 3.83. The van der Waals surface area contributed by atoms with Gasteiger partial charge in [-0.15, -0.1) is 0 Å². The van der Waals surface area contributed by atoms with Gasteiger partial charge in [-0.25, -0.2) is 0 Å². The fraction of sp³-hybridized carbons (Fsp3) is 0.722. The van der Waals surface area contributed by atoms with Crippen molar-refractivity contribution in [3.05, 3.63) is 41.1 Å². The van der Waals surface area contributed by atoms with E-state index < -0.39 is 0 Å². The molecular weight excluding hydrogens is 492 g/mol. The number of imide groups is 1. The molecule has 0 radical (unpaired) electrons. The molecular formula is C36H56N2O2. The van der Waals surface area contributed by atoms with Gasteiger partial charge in [0.2, 0.25) is 11.8 Å². The Morgan fingerprint density at radius 1 is 0.800 bits per heavy atom. The third-order valence-corrected chi connectivity index (χ3v) is 9.93. The molecule has 1 aromatic carbocycles. The van der Waals surface area contributed by atoms with Crippen molar-refractivity contribution in [3.63, 3.8) is 0 Å². The van der Waals surface area contributed by atoms with Crippen molar-refractivity contribution in [2.45, 2.75) is 161 Å².